The van der Waals surface area contributed by atoms with Gasteiger partial charge in [0.15, 0.2) is 6.61 Å². The van der Waals surface area contributed by atoms with E-state index >= 15 is 0 Å². The smallest absolute Gasteiger partial charge is 0.416 e. The Morgan fingerprint density at radius 1 is 1.15 bits per heavy atom. The summed E-state index contributed by atoms with van der Waals surface area (Å²) in [6, 6.07) is 10.8. The van der Waals surface area contributed by atoms with Gasteiger partial charge in [0.05, 0.1) is 11.3 Å². The lowest BCUT2D eigenvalue weighted by Crippen LogP contribution is -2.10. The number of rotatable bonds is 9. The van der Waals surface area contributed by atoms with Gasteiger partial charge in [0.25, 0.3) is 0 Å². The van der Waals surface area contributed by atoms with Gasteiger partial charge in [-0.25, -0.2) is 9.78 Å². The summed E-state index contributed by atoms with van der Waals surface area (Å²) < 4.78 is 44.0. The van der Waals surface area contributed by atoms with Crippen LogP contribution in [0.1, 0.15) is 54.3 Å². The summed E-state index contributed by atoms with van der Waals surface area (Å²) in [4.78, 5) is 17.7. The van der Waals surface area contributed by atoms with Gasteiger partial charge in [-0.1, -0.05) is 32.9 Å². The molecule has 0 bridgehead atoms. The van der Waals surface area contributed by atoms with Gasteiger partial charge in [-0.05, 0) is 48.7 Å². The van der Waals surface area contributed by atoms with Crippen molar-refractivity contribution in [2.45, 2.75) is 50.6 Å². The maximum atomic E-state index is 12.9. The number of aryl methyl sites for hydroxylation is 1. The Bertz CT molecular complexity index is 1140. The zero-order valence-electron chi connectivity index (χ0n) is 19.3. The molecule has 1 unspecified atom stereocenters. The molecule has 3 rings (SSSR count). The predicted octanol–water partition coefficient (Wildman–Crippen LogP) is 7.62. The lowest BCUT2D eigenvalue weighted by molar-refractivity contribution is -0.139. The van der Waals surface area contributed by atoms with E-state index in [0.29, 0.717) is 11.3 Å². The van der Waals surface area contributed by atoms with Crippen LogP contribution in [0.3, 0.4) is 0 Å². The molecule has 1 atom stereocenters. The topological polar surface area (TPSA) is 59.4 Å². The summed E-state index contributed by atoms with van der Waals surface area (Å²) in [6.07, 6.45) is -4.36. The van der Waals surface area contributed by atoms with Gasteiger partial charge in [0.2, 0.25) is 0 Å². The van der Waals surface area contributed by atoms with Gasteiger partial charge in [-0.2, -0.15) is 13.2 Å². The third-order valence-corrected chi connectivity index (χ3v) is 7.74. The van der Waals surface area contributed by atoms with Crippen molar-refractivity contribution in [3.05, 3.63) is 64.2 Å². The monoisotopic (exact) mass is 509 g/mol. The van der Waals surface area contributed by atoms with Crippen LogP contribution in [-0.4, -0.2) is 28.4 Å². The van der Waals surface area contributed by atoms with Crippen LogP contribution in [0.5, 0.6) is 5.75 Å². The first-order valence-corrected chi connectivity index (χ1v) is 12.5. The number of alkyl halides is 3. The molecule has 0 saturated heterocycles. The molecule has 0 aliphatic rings. The predicted molar refractivity (Wildman–Crippen MR) is 130 cm³/mol. The SMILES string of the molecule is Cc1cc(SCC(C)c2sc(-c3ccc(C(F)(F)F)cc3)nc2C(C)C)ccc1OCC(=O)O. The Labute approximate surface area is 205 Å². The van der Waals surface area contributed by atoms with Crippen LogP contribution in [0.15, 0.2) is 47.4 Å². The fraction of sp³-hybridized carbons (Fsp3) is 0.360. The highest BCUT2D eigenvalue weighted by Crippen LogP contribution is 2.39. The zero-order chi connectivity index (χ0) is 25.0. The molecule has 1 aromatic heterocycles. The number of halogens is 3. The number of carbonyl (C=O) groups is 1. The van der Waals surface area contributed by atoms with Crippen molar-refractivity contribution in [2.24, 2.45) is 0 Å². The molecule has 0 spiro atoms. The van der Waals surface area contributed by atoms with Gasteiger partial charge in [0, 0.05) is 27.0 Å². The third kappa shape index (κ3) is 6.54. The summed E-state index contributed by atoms with van der Waals surface area (Å²) >= 11 is 3.21. The number of nitrogens with zero attached hydrogens (tertiary/aromatic N) is 1. The van der Waals surface area contributed by atoms with Gasteiger partial charge in [0.1, 0.15) is 10.8 Å². The molecule has 0 fully saturated rings. The quantitative estimate of drug-likeness (QED) is 0.301. The molecule has 1 heterocycles. The minimum Gasteiger partial charge on any atom is -0.482 e. The van der Waals surface area contributed by atoms with Crippen LogP contribution >= 0.6 is 23.1 Å². The Balaban J connectivity index is 1.74. The van der Waals surface area contributed by atoms with E-state index in [4.69, 9.17) is 14.8 Å². The Morgan fingerprint density at radius 2 is 1.82 bits per heavy atom. The molecule has 1 N–H and O–H groups in total. The molecule has 0 amide bonds. The van der Waals surface area contributed by atoms with Crippen molar-refractivity contribution in [1.82, 2.24) is 4.98 Å². The standard InChI is InChI=1S/C25H26F3NO3S2/c1-14(2)22-23(34-24(29-22)17-5-7-18(8-6-17)25(26,27)28)16(4)13-33-19-9-10-20(15(3)11-19)32-12-21(30)31/h5-11,14,16H,12-13H2,1-4H3,(H,30,31). The molecule has 0 radical (unpaired) electrons. The van der Waals surface area contributed by atoms with Crippen molar-refractivity contribution in [2.75, 3.05) is 12.4 Å². The van der Waals surface area contributed by atoms with Crippen LogP contribution < -0.4 is 4.74 Å². The molecule has 2 aromatic carbocycles. The van der Waals surface area contributed by atoms with E-state index in [0.717, 1.165) is 43.9 Å². The summed E-state index contributed by atoms with van der Waals surface area (Å²) in [6.45, 7) is 7.75. The first kappa shape index (κ1) is 26.1. The fourth-order valence-electron chi connectivity index (χ4n) is 3.35. The van der Waals surface area contributed by atoms with Crippen molar-refractivity contribution >= 4 is 29.1 Å². The molecule has 0 aliphatic carbocycles. The number of aromatic nitrogens is 1. The van der Waals surface area contributed by atoms with Crippen LogP contribution in [-0.2, 0) is 11.0 Å². The second kappa shape index (κ2) is 10.8. The number of thiazole rings is 1. The highest BCUT2D eigenvalue weighted by Gasteiger charge is 2.30. The molecule has 4 nitrogen and oxygen atoms in total. The van der Waals surface area contributed by atoms with E-state index < -0.39 is 17.7 Å². The van der Waals surface area contributed by atoms with Gasteiger partial charge < -0.3 is 9.84 Å². The molecular formula is C25H26F3NO3S2. The van der Waals surface area contributed by atoms with Gasteiger partial charge in [-0.3, -0.25) is 0 Å². The summed E-state index contributed by atoms with van der Waals surface area (Å²) in [7, 11) is 0. The molecule has 182 valence electrons. The molecule has 9 heteroatoms. The first-order valence-electron chi connectivity index (χ1n) is 10.7. The summed E-state index contributed by atoms with van der Waals surface area (Å²) in [5.74, 6) is 0.697. The minimum absolute atomic E-state index is 0.186. The molecule has 3 aromatic rings. The van der Waals surface area contributed by atoms with E-state index in [1.54, 1.807) is 17.8 Å². The van der Waals surface area contributed by atoms with Crippen LogP contribution in [0.2, 0.25) is 0 Å². The average molecular weight is 510 g/mol. The van der Waals surface area contributed by atoms with Crippen molar-refractivity contribution in [3.63, 3.8) is 0 Å². The second-order valence-electron chi connectivity index (χ2n) is 8.32. The Morgan fingerprint density at radius 3 is 2.38 bits per heavy atom. The zero-order valence-corrected chi connectivity index (χ0v) is 20.9. The summed E-state index contributed by atoms with van der Waals surface area (Å²) in [5.41, 5.74) is 1.85. The number of carboxylic acid groups (broad SMARTS) is 1. The Kier molecular flexibility index (Phi) is 8.30. The fourth-order valence-corrected chi connectivity index (χ4v) is 5.76. The van der Waals surface area contributed by atoms with Crippen molar-refractivity contribution in [1.29, 1.82) is 0 Å². The largest absolute Gasteiger partial charge is 0.482 e. The van der Waals surface area contributed by atoms with Crippen LogP contribution in [0, 0.1) is 6.92 Å². The lowest BCUT2D eigenvalue weighted by Gasteiger charge is -2.14. The number of hydrogen-bond donors (Lipinski definition) is 1. The molecule has 0 saturated carbocycles. The number of thioether (sulfide) groups is 1. The van der Waals surface area contributed by atoms with Crippen LogP contribution in [0.25, 0.3) is 10.6 Å². The number of hydrogen-bond acceptors (Lipinski definition) is 5. The van der Waals surface area contributed by atoms with Gasteiger partial charge in [-0.15, -0.1) is 23.1 Å². The van der Waals surface area contributed by atoms with E-state index in [2.05, 4.69) is 20.8 Å². The number of carboxylic acids is 1. The van der Waals surface area contributed by atoms with E-state index in [1.807, 2.05) is 19.1 Å². The molecule has 0 aliphatic heterocycles. The minimum atomic E-state index is -4.36. The van der Waals surface area contributed by atoms with Crippen molar-refractivity contribution in [3.8, 4) is 16.3 Å². The third-order valence-electron chi connectivity index (χ3n) is 5.13. The van der Waals surface area contributed by atoms with Crippen LogP contribution in [0.4, 0.5) is 13.2 Å². The van der Waals surface area contributed by atoms with E-state index in [-0.39, 0.29) is 18.4 Å². The second-order valence-corrected chi connectivity index (χ2v) is 10.4. The Hall–Kier alpha value is -2.52. The normalized spacial score (nSPS) is 12.7. The van der Waals surface area contributed by atoms with Gasteiger partial charge >= 0.3 is 12.1 Å². The maximum absolute atomic E-state index is 12.9. The highest BCUT2D eigenvalue weighted by molar-refractivity contribution is 7.99. The number of ether oxygens (including phenoxy) is 1. The number of benzene rings is 2. The highest BCUT2D eigenvalue weighted by atomic mass is 32.2. The molecular weight excluding hydrogens is 483 g/mol. The summed E-state index contributed by atoms with van der Waals surface area (Å²) in [5, 5.41) is 9.50. The van der Waals surface area contributed by atoms with Crippen molar-refractivity contribution < 1.29 is 27.8 Å². The van der Waals surface area contributed by atoms with E-state index in [1.165, 1.54) is 23.5 Å². The average Bonchev–Trinajstić information content (AvgIpc) is 3.22. The maximum Gasteiger partial charge on any atom is 0.416 e. The molecule has 34 heavy (non-hydrogen) atoms. The van der Waals surface area contributed by atoms with E-state index in [9.17, 15) is 18.0 Å². The lowest BCUT2D eigenvalue weighted by atomic mass is 10.0. The number of aliphatic carboxylic acids is 1. The first-order chi connectivity index (χ1) is 16.0.